The van der Waals surface area contributed by atoms with Crippen molar-refractivity contribution in [3.63, 3.8) is 0 Å². The van der Waals surface area contributed by atoms with E-state index in [0.29, 0.717) is 40.2 Å². The zero-order valence-electron chi connectivity index (χ0n) is 13.8. The Morgan fingerprint density at radius 2 is 2.08 bits per heavy atom. The number of nitrogens with zero attached hydrogens (tertiary/aromatic N) is 3. The molecular weight excluding hydrogens is 308 g/mol. The van der Waals surface area contributed by atoms with Gasteiger partial charge in [-0.15, -0.1) is 0 Å². The number of hydrogen-bond acceptors (Lipinski definition) is 5. The van der Waals surface area contributed by atoms with E-state index in [1.165, 1.54) is 4.90 Å². The first kappa shape index (κ1) is 15.9. The first-order valence-corrected chi connectivity index (χ1v) is 7.69. The zero-order chi connectivity index (χ0) is 17.3. The summed E-state index contributed by atoms with van der Waals surface area (Å²) in [5.74, 6) is 0.715. The molecule has 1 amide bonds. The van der Waals surface area contributed by atoms with Crippen molar-refractivity contribution in [3.8, 4) is 0 Å². The average Bonchev–Trinajstić information content (AvgIpc) is 2.95. The number of aromatic nitrogens is 3. The summed E-state index contributed by atoms with van der Waals surface area (Å²) in [4.78, 5) is 33.4. The number of carbonyl (C=O) groups is 1. The number of para-hydroxylation sites is 1. The summed E-state index contributed by atoms with van der Waals surface area (Å²) < 4.78 is 5.11. The number of hydrogen-bond donors (Lipinski definition) is 1. The molecule has 0 fully saturated rings. The highest BCUT2D eigenvalue weighted by Crippen LogP contribution is 2.17. The van der Waals surface area contributed by atoms with Crippen LogP contribution in [0.1, 0.15) is 34.6 Å². The molecule has 3 rings (SSSR count). The van der Waals surface area contributed by atoms with Crippen LogP contribution in [-0.4, -0.2) is 33.0 Å². The van der Waals surface area contributed by atoms with E-state index < -0.39 is 0 Å². The van der Waals surface area contributed by atoms with E-state index in [1.807, 2.05) is 13.0 Å². The normalized spacial score (nSPS) is 11.0. The Kier molecular flexibility index (Phi) is 4.16. The maximum Gasteiger partial charge on any atom is 0.259 e. The third-order valence-electron chi connectivity index (χ3n) is 3.88. The maximum absolute atomic E-state index is 12.7. The molecule has 1 aromatic carbocycles. The molecule has 0 atom stereocenters. The lowest BCUT2D eigenvalue weighted by atomic mass is 10.1. The van der Waals surface area contributed by atoms with E-state index in [9.17, 15) is 9.59 Å². The molecular formula is C17H18N4O3. The number of nitrogens with one attached hydrogen (secondary N) is 1. The van der Waals surface area contributed by atoms with Crippen LogP contribution in [0.15, 0.2) is 33.6 Å². The fourth-order valence-electron chi connectivity index (χ4n) is 2.63. The molecule has 0 aliphatic heterocycles. The molecule has 0 aliphatic rings. The Balaban J connectivity index is 1.89. The summed E-state index contributed by atoms with van der Waals surface area (Å²) in [5, 5.41) is 4.43. The van der Waals surface area contributed by atoms with Gasteiger partial charge in [-0.1, -0.05) is 24.2 Å². The van der Waals surface area contributed by atoms with E-state index in [2.05, 4.69) is 15.1 Å². The predicted octanol–water partition coefficient (Wildman–Crippen LogP) is 2.05. The van der Waals surface area contributed by atoms with Gasteiger partial charge in [-0.3, -0.25) is 9.59 Å². The molecule has 124 valence electrons. The Bertz CT molecular complexity index is 958. The predicted molar refractivity (Wildman–Crippen MR) is 88.8 cm³/mol. The van der Waals surface area contributed by atoms with Gasteiger partial charge in [0.1, 0.15) is 17.1 Å². The molecule has 0 unspecified atom stereocenters. The lowest BCUT2D eigenvalue weighted by Gasteiger charge is -2.16. The second kappa shape index (κ2) is 6.27. The van der Waals surface area contributed by atoms with Gasteiger partial charge in [0.2, 0.25) is 0 Å². The monoisotopic (exact) mass is 326 g/mol. The van der Waals surface area contributed by atoms with Crippen molar-refractivity contribution >= 4 is 16.8 Å². The summed E-state index contributed by atoms with van der Waals surface area (Å²) in [5.41, 5.74) is 1.49. The Morgan fingerprint density at radius 1 is 1.33 bits per heavy atom. The van der Waals surface area contributed by atoms with Crippen LogP contribution in [0, 0.1) is 6.92 Å². The standard InChI is InChI=1S/C17H18N4O3/c1-4-12-15(10(2)24-20-12)17(23)21(3)9-14-18-13-8-6-5-7-11(13)16(22)19-14/h5-8H,4,9H2,1-3H3,(H,18,19,22). The van der Waals surface area contributed by atoms with Gasteiger partial charge in [0, 0.05) is 7.05 Å². The lowest BCUT2D eigenvalue weighted by Crippen LogP contribution is -2.29. The van der Waals surface area contributed by atoms with Gasteiger partial charge in [0.15, 0.2) is 0 Å². The zero-order valence-corrected chi connectivity index (χ0v) is 13.8. The van der Waals surface area contributed by atoms with Crippen LogP contribution in [0.2, 0.25) is 0 Å². The van der Waals surface area contributed by atoms with Gasteiger partial charge in [0.25, 0.3) is 11.5 Å². The SMILES string of the molecule is CCc1noc(C)c1C(=O)N(C)Cc1nc2ccccc2c(=O)[nH]1. The van der Waals surface area contributed by atoms with Gasteiger partial charge < -0.3 is 14.4 Å². The molecule has 7 nitrogen and oxygen atoms in total. The van der Waals surface area contributed by atoms with Gasteiger partial charge in [-0.05, 0) is 25.5 Å². The number of amides is 1. The molecule has 2 aromatic heterocycles. The number of fused-ring (bicyclic) bond motifs is 1. The van der Waals surface area contributed by atoms with Crippen molar-refractivity contribution in [3.05, 3.63) is 57.5 Å². The Labute approximate surface area is 138 Å². The Hall–Kier alpha value is -2.96. The number of benzene rings is 1. The molecule has 7 heteroatoms. The summed E-state index contributed by atoms with van der Waals surface area (Å²) in [6.07, 6.45) is 0.608. The van der Waals surface area contributed by atoms with Gasteiger partial charge >= 0.3 is 0 Å². The van der Waals surface area contributed by atoms with Crippen molar-refractivity contribution in [2.45, 2.75) is 26.8 Å². The lowest BCUT2D eigenvalue weighted by molar-refractivity contribution is 0.0779. The number of carbonyl (C=O) groups excluding carboxylic acids is 1. The van der Waals surface area contributed by atoms with Crippen LogP contribution < -0.4 is 5.56 Å². The molecule has 3 aromatic rings. The molecule has 0 saturated heterocycles. The minimum absolute atomic E-state index is 0.187. The van der Waals surface area contributed by atoms with Crippen LogP contribution in [0.4, 0.5) is 0 Å². The van der Waals surface area contributed by atoms with Crippen molar-refractivity contribution in [2.75, 3.05) is 7.05 Å². The maximum atomic E-state index is 12.7. The van der Waals surface area contributed by atoms with Crippen molar-refractivity contribution in [1.29, 1.82) is 0 Å². The highest BCUT2D eigenvalue weighted by molar-refractivity contribution is 5.96. The average molecular weight is 326 g/mol. The number of rotatable bonds is 4. The third-order valence-corrected chi connectivity index (χ3v) is 3.88. The second-order valence-electron chi connectivity index (χ2n) is 5.60. The third kappa shape index (κ3) is 2.80. The van der Waals surface area contributed by atoms with Crippen LogP contribution in [0.5, 0.6) is 0 Å². The van der Waals surface area contributed by atoms with E-state index in [0.717, 1.165) is 0 Å². The van der Waals surface area contributed by atoms with Crippen LogP contribution in [0.25, 0.3) is 10.9 Å². The summed E-state index contributed by atoms with van der Waals surface area (Å²) in [6.45, 7) is 3.81. The molecule has 0 aliphatic carbocycles. The van der Waals surface area contributed by atoms with E-state index in [-0.39, 0.29) is 18.0 Å². The smallest absolute Gasteiger partial charge is 0.259 e. The molecule has 0 saturated carbocycles. The van der Waals surface area contributed by atoms with Crippen LogP contribution in [-0.2, 0) is 13.0 Å². The molecule has 0 radical (unpaired) electrons. The second-order valence-corrected chi connectivity index (χ2v) is 5.60. The first-order chi connectivity index (χ1) is 11.5. The highest BCUT2D eigenvalue weighted by Gasteiger charge is 2.23. The fraction of sp³-hybridized carbons (Fsp3) is 0.294. The van der Waals surface area contributed by atoms with Crippen molar-refractivity contribution in [2.24, 2.45) is 0 Å². The van der Waals surface area contributed by atoms with Gasteiger partial charge in [-0.2, -0.15) is 0 Å². The molecule has 2 heterocycles. The van der Waals surface area contributed by atoms with E-state index >= 15 is 0 Å². The minimum Gasteiger partial charge on any atom is -0.361 e. The molecule has 1 N–H and O–H groups in total. The van der Waals surface area contributed by atoms with E-state index in [1.54, 1.807) is 32.2 Å². The highest BCUT2D eigenvalue weighted by atomic mass is 16.5. The topological polar surface area (TPSA) is 92.1 Å². The molecule has 0 spiro atoms. The number of aryl methyl sites for hydroxylation is 2. The molecule has 24 heavy (non-hydrogen) atoms. The Morgan fingerprint density at radius 3 is 2.83 bits per heavy atom. The fourth-order valence-corrected chi connectivity index (χ4v) is 2.63. The number of H-pyrrole nitrogens is 1. The van der Waals surface area contributed by atoms with Crippen molar-refractivity contribution in [1.82, 2.24) is 20.0 Å². The largest absolute Gasteiger partial charge is 0.361 e. The van der Waals surface area contributed by atoms with Crippen LogP contribution >= 0.6 is 0 Å². The van der Waals surface area contributed by atoms with E-state index in [4.69, 9.17) is 4.52 Å². The summed E-state index contributed by atoms with van der Waals surface area (Å²) in [6, 6.07) is 7.10. The molecule has 0 bridgehead atoms. The van der Waals surface area contributed by atoms with Gasteiger partial charge in [-0.25, -0.2) is 4.98 Å². The summed E-state index contributed by atoms with van der Waals surface area (Å²) in [7, 11) is 1.66. The minimum atomic E-state index is -0.216. The quantitative estimate of drug-likeness (QED) is 0.792. The first-order valence-electron chi connectivity index (χ1n) is 7.69. The van der Waals surface area contributed by atoms with Crippen LogP contribution in [0.3, 0.4) is 0 Å². The van der Waals surface area contributed by atoms with Gasteiger partial charge in [0.05, 0.1) is 23.1 Å². The summed E-state index contributed by atoms with van der Waals surface area (Å²) >= 11 is 0. The van der Waals surface area contributed by atoms with Crippen molar-refractivity contribution < 1.29 is 9.32 Å². The number of aromatic amines is 1.